The Morgan fingerprint density at radius 3 is 2.62 bits per heavy atom. The highest BCUT2D eigenvalue weighted by molar-refractivity contribution is 8.13. The highest BCUT2D eigenvalue weighted by Crippen LogP contribution is 2.20. The van der Waals surface area contributed by atoms with Crippen molar-refractivity contribution >= 4 is 16.9 Å². The van der Waals surface area contributed by atoms with Crippen LogP contribution in [0, 0.1) is 10.2 Å². The molecule has 92 valence electrons. The first-order valence-corrected chi connectivity index (χ1v) is 6.40. The van der Waals surface area contributed by atoms with Gasteiger partial charge in [-0.15, -0.1) is 0 Å². The van der Waals surface area contributed by atoms with Crippen molar-refractivity contribution < 1.29 is 33.3 Å². The minimum atomic E-state index is -4.50. The van der Waals surface area contributed by atoms with Crippen molar-refractivity contribution in [2.24, 2.45) is 0 Å². The summed E-state index contributed by atoms with van der Waals surface area (Å²) in [5.74, 6) is 0.214. The molecule has 0 fully saturated rings. The largest absolute Gasteiger partial charge is 0.365 e. The average molecular weight is 271 g/mol. The maximum Gasteiger partial charge on any atom is 0.365 e. The quantitative estimate of drug-likeness (QED) is 0.538. The maximum atomic E-state index is 10.7. The van der Waals surface area contributed by atoms with Crippen molar-refractivity contribution in [3.8, 4) is 0 Å². The van der Waals surface area contributed by atoms with E-state index in [0.717, 1.165) is 11.8 Å². The number of carbonyl (C=O) groups excluding carboxylic acids is 1. The first-order valence-electron chi connectivity index (χ1n) is 4.18. The van der Waals surface area contributed by atoms with Crippen LogP contribution in [0.5, 0.6) is 0 Å². The third-order valence-electron chi connectivity index (χ3n) is 1.73. The van der Waals surface area contributed by atoms with Crippen LogP contribution in [0.15, 0.2) is 12.4 Å². The molecule has 0 saturated carbocycles. The van der Waals surface area contributed by atoms with Gasteiger partial charge in [-0.05, 0) is 0 Å². The zero-order chi connectivity index (χ0) is 12.3. The molecule has 0 aromatic rings. The third-order valence-corrected chi connectivity index (χ3v) is 2.94. The molecule has 1 aliphatic rings. The van der Waals surface area contributed by atoms with E-state index in [4.69, 9.17) is 0 Å². The molecule has 0 amide bonds. The normalized spacial score (nSPS) is 20.7. The summed E-state index contributed by atoms with van der Waals surface area (Å²) in [7, 11) is -2.95. The highest BCUT2D eigenvalue weighted by atomic mass is 35.7. The molecule has 1 atom stereocenters. The second-order valence-corrected chi connectivity index (χ2v) is 5.09. The number of carbonyl (C=O) groups is 1. The Morgan fingerprint density at radius 1 is 1.50 bits per heavy atom. The molecule has 1 unspecified atom stereocenters. The summed E-state index contributed by atoms with van der Waals surface area (Å²) in [6.45, 7) is 1.40. The number of hydrogen-bond acceptors (Lipinski definition) is 8. The van der Waals surface area contributed by atoms with Gasteiger partial charge in [0.15, 0.2) is 5.12 Å². The van der Waals surface area contributed by atoms with Crippen molar-refractivity contribution in [1.82, 2.24) is 9.80 Å². The molecule has 1 heterocycles. The molecule has 1 rings (SSSR count). The van der Waals surface area contributed by atoms with Crippen LogP contribution in [0.1, 0.15) is 6.92 Å². The summed E-state index contributed by atoms with van der Waals surface area (Å²) in [6.07, 6.45) is 2.06. The molecule has 0 aromatic carbocycles. The van der Waals surface area contributed by atoms with Crippen molar-refractivity contribution in [2.75, 3.05) is 12.9 Å². The van der Waals surface area contributed by atoms with Gasteiger partial charge < -0.3 is 9.80 Å². The van der Waals surface area contributed by atoms with Gasteiger partial charge in [-0.25, -0.2) is 0 Å². The van der Waals surface area contributed by atoms with E-state index in [9.17, 15) is 18.8 Å². The molecule has 0 N–H and O–H groups in total. The molecule has 0 saturated heterocycles. The molecule has 16 heavy (non-hydrogen) atoms. The van der Waals surface area contributed by atoms with E-state index in [0.29, 0.717) is 0 Å². The molecule has 0 aromatic heterocycles. The number of hydrogen-bond donors (Lipinski definition) is 0. The zero-order valence-corrected chi connectivity index (χ0v) is 10.2. The van der Waals surface area contributed by atoms with Gasteiger partial charge in [0.05, 0.1) is 16.1 Å². The fourth-order valence-corrected chi connectivity index (χ4v) is 2.02. The van der Waals surface area contributed by atoms with E-state index in [1.54, 1.807) is 19.4 Å². The smallest absolute Gasteiger partial charge is 0.324 e. The van der Waals surface area contributed by atoms with Crippen LogP contribution in [0.4, 0.5) is 0 Å². The maximum absolute atomic E-state index is 10.7. The second-order valence-electron chi connectivity index (χ2n) is 3.04. The van der Waals surface area contributed by atoms with E-state index in [2.05, 4.69) is 4.29 Å². The van der Waals surface area contributed by atoms with Crippen LogP contribution >= 0.6 is 11.8 Å². The van der Waals surface area contributed by atoms with Crippen molar-refractivity contribution in [3.05, 3.63) is 12.4 Å². The van der Waals surface area contributed by atoms with Crippen LogP contribution in [0.2, 0.25) is 0 Å². The molecule has 0 radical (unpaired) electrons. The summed E-state index contributed by atoms with van der Waals surface area (Å²) in [4.78, 5) is 13.6. The monoisotopic (exact) mass is 270 g/mol. The lowest BCUT2D eigenvalue weighted by atomic mass is 10.8. The van der Waals surface area contributed by atoms with Gasteiger partial charge in [-0.3, -0.25) is 4.79 Å². The first kappa shape index (κ1) is 13.6. The van der Waals surface area contributed by atoms with Gasteiger partial charge in [-0.2, -0.15) is 14.0 Å². The summed E-state index contributed by atoms with van der Waals surface area (Å²) in [6, 6.07) is 0. The molecule has 0 bridgehead atoms. The topological polar surface area (TPSA) is 102 Å². The number of thioether (sulfide) groups is 1. The van der Waals surface area contributed by atoms with Crippen LogP contribution in [-0.4, -0.2) is 34.2 Å². The number of rotatable bonds is 4. The Labute approximate surface area is 99.0 Å². The summed E-state index contributed by atoms with van der Waals surface area (Å²) in [5.41, 5.74) is 0. The highest BCUT2D eigenvalue weighted by Gasteiger charge is 2.38. The Kier molecular flexibility index (Phi) is 4.42. The standard InChI is InChI=1S/C7H11ClN2O5S/c1-6(11)16-5-10-4-3-9(2)7(10)15-8(12,13)14/h3-4,7H,5H2,1-2H3. The van der Waals surface area contributed by atoms with Gasteiger partial charge >= 0.3 is 6.35 Å². The Bertz CT molecular complexity index is 295. The van der Waals surface area contributed by atoms with Crippen molar-refractivity contribution in [2.45, 2.75) is 13.3 Å². The van der Waals surface area contributed by atoms with Gasteiger partial charge in [-0.1, -0.05) is 11.8 Å². The van der Waals surface area contributed by atoms with E-state index >= 15 is 0 Å². The number of halogens is 1. The van der Waals surface area contributed by atoms with Gasteiger partial charge in [0.2, 0.25) is 0 Å². The molecule has 0 aliphatic carbocycles. The van der Waals surface area contributed by atoms with E-state index < -0.39 is 16.6 Å². The SMILES string of the molecule is CC(=O)SCN1C=CN(C)C1O[Cl+3]([O-])([O-])[O-]. The van der Waals surface area contributed by atoms with E-state index in [1.807, 2.05) is 0 Å². The van der Waals surface area contributed by atoms with Crippen molar-refractivity contribution in [1.29, 1.82) is 0 Å². The van der Waals surface area contributed by atoms with Crippen LogP contribution in [0.3, 0.4) is 0 Å². The van der Waals surface area contributed by atoms with Crippen LogP contribution in [0.25, 0.3) is 0 Å². The van der Waals surface area contributed by atoms with E-state index in [-0.39, 0.29) is 11.0 Å². The minimum Gasteiger partial charge on any atom is -0.324 e. The molecular formula is C7H11ClN2O5S. The van der Waals surface area contributed by atoms with Crippen molar-refractivity contribution in [3.63, 3.8) is 0 Å². The summed E-state index contributed by atoms with van der Waals surface area (Å²) < 4.78 is 35.7. The fourth-order valence-electron chi connectivity index (χ4n) is 1.06. The Hall–Kier alpha value is -0.510. The number of nitrogens with zero attached hydrogens (tertiary/aromatic N) is 2. The lowest BCUT2D eigenvalue weighted by molar-refractivity contribution is -1.92. The minimum absolute atomic E-state index is 0.107. The fraction of sp³-hybridized carbons (Fsp3) is 0.571. The summed E-state index contributed by atoms with van der Waals surface area (Å²) in [5, 5.41) is -0.107. The molecule has 9 heteroatoms. The Morgan fingerprint density at radius 2 is 2.12 bits per heavy atom. The van der Waals surface area contributed by atoms with Gasteiger partial charge in [0.25, 0.3) is 0 Å². The van der Waals surface area contributed by atoms with Crippen LogP contribution in [-0.2, 0) is 9.08 Å². The van der Waals surface area contributed by atoms with Gasteiger partial charge in [0, 0.05) is 26.4 Å². The average Bonchev–Trinajstić information content (AvgIpc) is 2.43. The second kappa shape index (κ2) is 5.21. The third kappa shape index (κ3) is 4.16. The first-order chi connectivity index (χ1) is 7.29. The molecule has 0 spiro atoms. The van der Waals surface area contributed by atoms with Gasteiger partial charge in [0.1, 0.15) is 4.29 Å². The molecule has 7 nitrogen and oxygen atoms in total. The predicted molar refractivity (Wildman–Crippen MR) is 46.8 cm³/mol. The lowest BCUT2D eigenvalue weighted by Gasteiger charge is -2.26. The molecular weight excluding hydrogens is 260 g/mol. The predicted octanol–water partition coefficient (Wildman–Crippen LogP) is -2.86. The zero-order valence-electron chi connectivity index (χ0n) is 8.66. The lowest BCUT2D eigenvalue weighted by Crippen LogP contribution is -2.64. The molecule has 1 aliphatic heterocycles. The van der Waals surface area contributed by atoms with Crippen LogP contribution < -0.4 is 14.0 Å². The Balaban J connectivity index is 2.55. The van der Waals surface area contributed by atoms with E-state index in [1.165, 1.54) is 16.7 Å². The summed E-state index contributed by atoms with van der Waals surface area (Å²) >= 11 is 0.989.